The van der Waals surface area contributed by atoms with Crippen molar-refractivity contribution in [2.75, 3.05) is 5.73 Å². The molecule has 0 aliphatic heterocycles. The van der Waals surface area contributed by atoms with Gasteiger partial charge in [-0.1, -0.05) is 6.42 Å². The van der Waals surface area contributed by atoms with Crippen LogP contribution in [-0.2, 0) is 6.54 Å². The van der Waals surface area contributed by atoms with Gasteiger partial charge in [0, 0.05) is 17.8 Å². The second-order valence-electron chi connectivity index (χ2n) is 6.75. The van der Waals surface area contributed by atoms with Crippen molar-refractivity contribution < 1.29 is 0 Å². The first-order valence-electron chi connectivity index (χ1n) is 7.83. The van der Waals surface area contributed by atoms with Gasteiger partial charge >= 0.3 is 0 Å². The molecule has 2 saturated carbocycles. The summed E-state index contributed by atoms with van der Waals surface area (Å²) in [6.07, 6.45) is 5.58. The van der Waals surface area contributed by atoms with Crippen molar-refractivity contribution in [3.63, 3.8) is 0 Å². The molecule has 2 aromatic rings. The van der Waals surface area contributed by atoms with E-state index in [0.29, 0.717) is 0 Å². The van der Waals surface area contributed by atoms with Gasteiger partial charge in [-0.2, -0.15) is 0 Å². The molecule has 1 aromatic heterocycles. The van der Waals surface area contributed by atoms with Crippen LogP contribution in [0, 0.1) is 24.7 Å². The van der Waals surface area contributed by atoms with E-state index < -0.39 is 0 Å². The van der Waals surface area contributed by atoms with Crippen LogP contribution in [0.1, 0.15) is 31.2 Å². The third kappa shape index (κ3) is 2.30. The van der Waals surface area contributed by atoms with Crippen LogP contribution >= 0.6 is 0 Å². The van der Waals surface area contributed by atoms with Gasteiger partial charge in [0.15, 0.2) is 5.82 Å². The molecule has 5 nitrogen and oxygen atoms in total. The predicted molar refractivity (Wildman–Crippen MR) is 81.3 cm³/mol. The van der Waals surface area contributed by atoms with Crippen LogP contribution in [0.25, 0.3) is 11.4 Å². The summed E-state index contributed by atoms with van der Waals surface area (Å²) in [5, 5.41) is 12.3. The molecule has 2 N–H and O–H groups in total. The highest BCUT2D eigenvalue weighted by Gasteiger charge is 2.39. The number of anilines is 1. The molecule has 1 heterocycles. The van der Waals surface area contributed by atoms with Crippen molar-refractivity contribution in [2.45, 2.75) is 39.2 Å². The van der Waals surface area contributed by atoms with Gasteiger partial charge in [-0.3, -0.25) is 0 Å². The molecular formula is C16H21N5. The van der Waals surface area contributed by atoms with Crippen molar-refractivity contribution >= 4 is 5.69 Å². The van der Waals surface area contributed by atoms with E-state index in [9.17, 15) is 0 Å². The number of hydrogen-bond donors (Lipinski definition) is 1. The summed E-state index contributed by atoms with van der Waals surface area (Å²) in [6, 6.07) is 6.02. The smallest absolute Gasteiger partial charge is 0.182 e. The molecular weight excluding hydrogens is 262 g/mol. The Kier molecular flexibility index (Phi) is 2.94. The summed E-state index contributed by atoms with van der Waals surface area (Å²) in [5.74, 6) is 3.42. The number of fused-ring (bicyclic) bond motifs is 2. The maximum absolute atomic E-state index is 5.95. The number of tetrazole rings is 1. The number of hydrogen-bond acceptors (Lipinski definition) is 4. The largest absolute Gasteiger partial charge is 0.399 e. The lowest BCUT2D eigenvalue weighted by Crippen LogP contribution is -2.18. The molecule has 4 rings (SSSR count). The Morgan fingerprint density at radius 3 is 2.86 bits per heavy atom. The van der Waals surface area contributed by atoms with E-state index in [4.69, 9.17) is 5.73 Å². The highest BCUT2D eigenvalue weighted by molar-refractivity contribution is 5.62. The number of aryl methyl sites for hydroxylation is 1. The molecule has 3 atom stereocenters. The Morgan fingerprint density at radius 1 is 1.24 bits per heavy atom. The molecule has 21 heavy (non-hydrogen) atoms. The van der Waals surface area contributed by atoms with E-state index in [0.717, 1.165) is 46.9 Å². The lowest BCUT2D eigenvalue weighted by Gasteiger charge is -2.21. The first-order valence-corrected chi connectivity index (χ1v) is 7.83. The van der Waals surface area contributed by atoms with Gasteiger partial charge in [-0.05, 0) is 78.1 Å². The van der Waals surface area contributed by atoms with Gasteiger partial charge in [0.1, 0.15) is 0 Å². The number of rotatable bonds is 3. The zero-order valence-corrected chi connectivity index (χ0v) is 12.4. The number of nitrogen functional groups attached to an aromatic ring is 1. The van der Waals surface area contributed by atoms with Crippen LogP contribution < -0.4 is 5.73 Å². The molecule has 3 unspecified atom stereocenters. The lowest BCUT2D eigenvalue weighted by atomic mass is 9.89. The summed E-state index contributed by atoms with van der Waals surface area (Å²) < 4.78 is 1.97. The number of nitrogens with two attached hydrogens (primary N) is 1. The Balaban J connectivity index is 1.61. The van der Waals surface area contributed by atoms with Gasteiger partial charge in [-0.25, -0.2) is 4.68 Å². The Hall–Kier alpha value is -1.91. The highest BCUT2D eigenvalue weighted by atomic mass is 15.5. The van der Waals surface area contributed by atoms with Gasteiger partial charge in [-0.15, -0.1) is 5.10 Å². The van der Waals surface area contributed by atoms with Crippen LogP contribution in [0.15, 0.2) is 18.2 Å². The Morgan fingerprint density at radius 2 is 2.14 bits per heavy atom. The van der Waals surface area contributed by atoms with E-state index >= 15 is 0 Å². The van der Waals surface area contributed by atoms with Crippen LogP contribution in [-0.4, -0.2) is 20.2 Å². The van der Waals surface area contributed by atoms with Crippen LogP contribution in [0.4, 0.5) is 5.69 Å². The second-order valence-corrected chi connectivity index (χ2v) is 6.75. The van der Waals surface area contributed by atoms with Crippen LogP contribution in [0.3, 0.4) is 0 Å². The van der Waals surface area contributed by atoms with Gasteiger partial charge in [0.2, 0.25) is 0 Å². The van der Waals surface area contributed by atoms with Crippen molar-refractivity contribution in [1.29, 1.82) is 0 Å². The molecule has 1 aromatic carbocycles. The van der Waals surface area contributed by atoms with E-state index in [1.165, 1.54) is 25.7 Å². The molecule has 2 bridgehead atoms. The monoisotopic (exact) mass is 283 g/mol. The SMILES string of the molecule is Cc1cc(N)cc(-c2nnnn2CC2CC3CCC2C3)c1. The molecule has 0 saturated heterocycles. The standard InChI is InChI=1S/C16H21N5/c1-10-4-13(8-15(17)5-10)16-18-19-20-21(16)9-14-7-11-2-3-12(14)6-11/h4-5,8,11-12,14H,2-3,6-7,9,17H2,1H3. The van der Waals surface area contributed by atoms with E-state index in [2.05, 4.69) is 21.6 Å². The first kappa shape index (κ1) is 12.8. The van der Waals surface area contributed by atoms with Gasteiger partial charge < -0.3 is 5.73 Å². The van der Waals surface area contributed by atoms with Crippen LogP contribution in [0.2, 0.25) is 0 Å². The van der Waals surface area contributed by atoms with Crippen molar-refractivity contribution in [2.24, 2.45) is 17.8 Å². The van der Waals surface area contributed by atoms with Crippen molar-refractivity contribution in [3.05, 3.63) is 23.8 Å². The van der Waals surface area contributed by atoms with Crippen molar-refractivity contribution in [1.82, 2.24) is 20.2 Å². The quantitative estimate of drug-likeness (QED) is 0.879. The molecule has 2 aliphatic rings. The highest BCUT2D eigenvalue weighted by Crippen LogP contribution is 2.48. The lowest BCUT2D eigenvalue weighted by molar-refractivity contribution is 0.284. The summed E-state index contributed by atoms with van der Waals surface area (Å²) in [6.45, 7) is 2.99. The van der Waals surface area contributed by atoms with E-state index in [1.54, 1.807) is 0 Å². The summed E-state index contributed by atoms with van der Waals surface area (Å²) >= 11 is 0. The molecule has 5 heteroatoms. The molecule has 2 aliphatic carbocycles. The zero-order valence-electron chi connectivity index (χ0n) is 12.4. The third-order valence-corrected chi connectivity index (χ3v) is 5.18. The minimum absolute atomic E-state index is 0.744. The molecule has 0 amide bonds. The molecule has 2 fully saturated rings. The maximum Gasteiger partial charge on any atom is 0.182 e. The average Bonchev–Trinajstić information content (AvgIpc) is 3.13. The molecule has 0 radical (unpaired) electrons. The summed E-state index contributed by atoms with van der Waals surface area (Å²) in [5.41, 5.74) is 8.87. The first-order chi connectivity index (χ1) is 10.2. The zero-order chi connectivity index (χ0) is 14.4. The number of aromatic nitrogens is 4. The third-order valence-electron chi connectivity index (χ3n) is 5.18. The second kappa shape index (κ2) is 4.83. The minimum atomic E-state index is 0.744. The van der Waals surface area contributed by atoms with Gasteiger partial charge in [0.25, 0.3) is 0 Å². The maximum atomic E-state index is 5.95. The van der Waals surface area contributed by atoms with E-state index in [-0.39, 0.29) is 0 Å². The minimum Gasteiger partial charge on any atom is -0.399 e. The number of benzene rings is 1. The molecule has 110 valence electrons. The van der Waals surface area contributed by atoms with E-state index in [1.807, 2.05) is 23.7 Å². The van der Waals surface area contributed by atoms with Crippen molar-refractivity contribution in [3.8, 4) is 11.4 Å². The molecule has 0 spiro atoms. The summed E-state index contributed by atoms with van der Waals surface area (Å²) in [7, 11) is 0. The average molecular weight is 283 g/mol. The van der Waals surface area contributed by atoms with Crippen LogP contribution in [0.5, 0.6) is 0 Å². The predicted octanol–water partition coefficient (Wildman–Crippen LogP) is 2.67. The normalized spacial score (nSPS) is 27.4. The summed E-state index contributed by atoms with van der Waals surface area (Å²) in [4.78, 5) is 0. The topological polar surface area (TPSA) is 69.6 Å². The number of nitrogens with zero attached hydrogens (tertiary/aromatic N) is 4. The Bertz CT molecular complexity index is 642. The Labute approximate surface area is 124 Å². The fourth-order valence-corrected chi connectivity index (χ4v) is 4.30. The van der Waals surface area contributed by atoms with Gasteiger partial charge in [0.05, 0.1) is 0 Å². The fourth-order valence-electron chi connectivity index (χ4n) is 4.30. The fraction of sp³-hybridized carbons (Fsp3) is 0.562.